The van der Waals surface area contributed by atoms with E-state index >= 15 is 0 Å². The first-order chi connectivity index (χ1) is 15.4. The van der Waals surface area contributed by atoms with Crippen molar-refractivity contribution in [2.45, 2.75) is 38.0 Å². The number of nitrogens with one attached hydrogen (secondary N) is 2. The van der Waals surface area contributed by atoms with Gasteiger partial charge in [0.25, 0.3) is 0 Å². The molecule has 2 N–H and O–H groups in total. The number of urea groups is 1. The van der Waals surface area contributed by atoms with Crippen LogP contribution in [0.25, 0.3) is 0 Å². The Morgan fingerprint density at radius 3 is 2.75 bits per heavy atom. The maximum Gasteiger partial charge on any atom is 0.323 e. The number of likely N-dealkylation sites (N-methyl/N-ethyl adjacent to an activating group) is 1. The zero-order valence-electron chi connectivity index (χ0n) is 18.5. The number of benzene rings is 1. The number of aromatic nitrogens is 1. The highest BCUT2D eigenvalue weighted by Crippen LogP contribution is 2.30. The summed E-state index contributed by atoms with van der Waals surface area (Å²) >= 11 is 5.86. The summed E-state index contributed by atoms with van der Waals surface area (Å²) in [5.41, 5.74) is 3.28. The van der Waals surface area contributed by atoms with Crippen LogP contribution in [0.1, 0.15) is 30.5 Å². The van der Waals surface area contributed by atoms with E-state index in [0.29, 0.717) is 29.8 Å². The molecule has 0 aliphatic carbocycles. The average Bonchev–Trinajstić information content (AvgIpc) is 3.23. The molecule has 1 saturated heterocycles. The molecule has 1 aromatic carbocycles. The van der Waals surface area contributed by atoms with Crippen LogP contribution < -0.4 is 10.6 Å². The maximum atomic E-state index is 13.1. The van der Waals surface area contributed by atoms with Gasteiger partial charge in [0.05, 0.1) is 11.1 Å². The summed E-state index contributed by atoms with van der Waals surface area (Å²) in [6.45, 7) is 3.49. The number of anilines is 2. The van der Waals surface area contributed by atoms with Crippen molar-refractivity contribution in [1.29, 1.82) is 0 Å². The number of methoxy groups -OCH3 is 1. The molecule has 0 spiro atoms. The van der Waals surface area contributed by atoms with Gasteiger partial charge in [-0.15, -0.1) is 0 Å². The summed E-state index contributed by atoms with van der Waals surface area (Å²) in [6.07, 6.45) is 2.61. The van der Waals surface area contributed by atoms with Gasteiger partial charge < -0.3 is 15.0 Å². The molecule has 0 bridgehead atoms. The Morgan fingerprint density at radius 2 is 2.03 bits per heavy atom. The molecule has 3 atom stereocenters. The van der Waals surface area contributed by atoms with Crippen molar-refractivity contribution in [3.05, 3.63) is 52.7 Å². The van der Waals surface area contributed by atoms with E-state index in [0.717, 1.165) is 18.7 Å². The van der Waals surface area contributed by atoms with Gasteiger partial charge >= 0.3 is 6.03 Å². The SMILES string of the molecule is CO[C@@H]1C[C@H](C(=O)Nc2ccc3c(c2)CCN(C)C3C)N(C(=O)Nc2ccc(Cl)cn2)C1. The minimum absolute atomic E-state index is 0.213. The number of hydrogen-bond acceptors (Lipinski definition) is 5. The molecule has 0 saturated carbocycles. The summed E-state index contributed by atoms with van der Waals surface area (Å²) < 4.78 is 5.44. The number of hydrogen-bond donors (Lipinski definition) is 2. The second-order valence-corrected chi connectivity index (χ2v) is 8.80. The highest BCUT2D eigenvalue weighted by atomic mass is 35.5. The largest absolute Gasteiger partial charge is 0.380 e. The van der Waals surface area contributed by atoms with Crippen LogP contribution in [0.4, 0.5) is 16.3 Å². The number of rotatable bonds is 4. The minimum atomic E-state index is -0.645. The Balaban J connectivity index is 1.47. The van der Waals surface area contributed by atoms with Crippen LogP contribution in [-0.2, 0) is 16.0 Å². The van der Waals surface area contributed by atoms with Crippen molar-refractivity contribution >= 4 is 35.0 Å². The molecule has 170 valence electrons. The number of halogens is 1. The molecular weight excluding hydrogens is 430 g/mol. The van der Waals surface area contributed by atoms with E-state index in [1.54, 1.807) is 19.2 Å². The predicted octanol–water partition coefficient (Wildman–Crippen LogP) is 3.54. The van der Waals surface area contributed by atoms with Gasteiger partial charge in [-0.25, -0.2) is 9.78 Å². The van der Waals surface area contributed by atoms with E-state index in [-0.39, 0.29) is 12.0 Å². The minimum Gasteiger partial charge on any atom is -0.380 e. The first-order valence-electron chi connectivity index (χ1n) is 10.7. The number of amides is 3. The van der Waals surface area contributed by atoms with Crippen molar-refractivity contribution in [2.24, 2.45) is 0 Å². The molecule has 2 aliphatic heterocycles. The normalized spacial score (nSPS) is 23.0. The molecular formula is C23H28ClN5O3. The van der Waals surface area contributed by atoms with Crippen LogP contribution in [0.2, 0.25) is 5.02 Å². The highest BCUT2D eigenvalue weighted by Gasteiger charge is 2.40. The smallest absolute Gasteiger partial charge is 0.323 e. The third kappa shape index (κ3) is 4.72. The molecule has 3 heterocycles. The molecule has 2 aliphatic rings. The number of ether oxygens (including phenoxy) is 1. The molecule has 9 heteroatoms. The summed E-state index contributed by atoms with van der Waals surface area (Å²) in [7, 11) is 3.71. The Hall–Kier alpha value is -2.68. The zero-order valence-corrected chi connectivity index (χ0v) is 19.2. The Bertz CT molecular complexity index is 1000. The molecule has 32 heavy (non-hydrogen) atoms. The van der Waals surface area contributed by atoms with Gasteiger partial charge in [-0.3, -0.25) is 15.0 Å². The quantitative estimate of drug-likeness (QED) is 0.733. The van der Waals surface area contributed by atoms with E-state index in [1.807, 2.05) is 12.1 Å². The summed E-state index contributed by atoms with van der Waals surface area (Å²) in [5.74, 6) is 0.137. The van der Waals surface area contributed by atoms with E-state index in [9.17, 15) is 9.59 Å². The van der Waals surface area contributed by atoms with Crippen LogP contribution in [-0.4, -0.2) is 66.1 Å². The van der Waals surface area contributed by atoms with Crippen LogP contribution in [0.3, 0.4) is 0 Å². The van der Waals surface area contributed by atoms with Gasteiger partial charge in [-0.05, 0) is 55.8 Å². The van der Waals surface area contributed by atoms with E-state index in [4.69, 9.17) is 16.3 Å². The van der Waals surface area contributed by atoms with Gasteiger partial charge in [0.1, 0.15) is 11.9 Å². The van der Waals surface area contributed by atoms with Gasteiger partial charge in [-0.1, -0.05) is 17.7 Å². The van der Waals surface area contributed by atoms with Crippen LogP contribution in [0.15, 0.2) is 36.5 Å². The Labute approximate surface area is 192 Å². The van der Waals surface area contributed by atoms with E-state index in [2.05, 4.69) is 40.6 Å². The topological polar surface area (TPSA) is 86.8 Å². The Morgan fingerprint density at radius 1 is 1.22 bits per heavy atom. The molecule has 8 nitrogen and oxygen atoms in total. The number of carbonyl (C=O) groups is 2. The lowest BCUT2D eigenvalue weighted by Crippen LogP contribution is -2.45. The highest BCUT2D eigenvalue weighted by molar-refractivity contribution is 6.30. The Kier molecular flexibility index (Phi) is 6.64. The molecule has 3 amide bonds. The molecule has 0 radical (unpaired) electrons. The first kappa shape index (κ1) is 22.5. The molecule has 1 fully saturated rings. The lowest BCUT2D eigenvalue weighted by molar-refractivity contribution is -0.119. The third-order valence-corrected chi connectivity index (χ3v) is 6.60. The van der Waals surface area contributed by atoms with Crippen molar-refractivity contribution < 1.29 is 14.3 Å². The van der Waals surface area contributed by atoms with Crippen LogP contribution in [0, 0.1) is 0 Å². The van der Waals surface area contributed by atoms with E-state index in [1.165, 1.54) is 22.2 Å². The summed E-state index contributed by atoms with van der Waals surface area (Å²) in [6, 6.07) is 8.61. The molecule has 1 aromatic heterocycles. The van der Waals surface area contributed by atoms with Gasteiger partial charge in [-0.2, -0.15) is 0 Å². The van der Waals surface area contributed by atoms with E-state index < -0.39 is 12.1 Å². The monoisotopic (exact) mass is 457 g/mol. The number of likely N-dealkylation sites (tertiary alicyclic amines) is 1. The summed E-state index contributed by atoms with van der Waals surface area (Å²) in [5, 5.41) is 6.21. The number of nitrogens with zero attached hydrogens (tertiary/aromatic N) is 3. The molecule has 1 unspecified atom stereocenters. The van der Waals surface area contributed by atoms with Crippen LogP contribution in [0.5, 0.6) is 0 Å². The van der Waals surface area contributed by atoms with Crippen molar-refractivity contribution in [3.8, 4) is 0 Å². The number of carbonyl (C=O) groups excluding carboxylic acids is 2. The molecule has 2 aromatic rings. The van der Waals surface area contributed by atoms with Crippen molar-refractivity contribution in [1.82, 2.24) is 14.8 Å². The fourth-order valence-corrected chi connectivity index (χ4v) is 4.45. The number of fused-ring (bicyclic) bond motifs is 1. The van der Waals surface area contributed by atoms with Gasteiger partial charge in [0.15, 0.2) is 0 Å². The molecule has 4 rings (SSSR count). The van der Waals surface area contributed by atoms with Crippen molar-refractivity contribution in [3.63, 3.8) is 0 Å². The summed E-state index contributed by atoms with van der Waals surface area (Å²) in [4.78, 5) is 33.9. The zero-order chi connectivity index (χ0) is 22.8. The lowest BCUT2D eigenvalue weighted by Gasteiger charge is -2.32. The van der Waals surface area contributed by atoms with Crippen LogP contribution >= 0.6 is 11.6 Å². The fourth-order valence-electron chi connectivity index (χ4n) is 4.33. The first-order valence-corrected chi connectivity index (χ1v) is 11.1. The lowest BCUT2D eigenvalue weighted by atomic mass is 9.93. The average molecular weight is 458 g/mol. The third-order valence-electron chi connectivity index (χ3n) is 6.38. The second-order valence-electron chi connectivity index (χ2n) is 8.36. The van der Waals surface area contributed by atoms with Gasteiger partial charge in [0, 0.05) is 44.5 Å². The van der Waals surface area contributed by atoms with Crippen molar-refractivity contribution in [2.75, 3.05) is 37.9 Å². The predicted molar refractivity (Wildman–Crippen MR) is 124 cm³/mol. The fraction of sp³-hybridized carbons (Fsp3) is 0.435. The number of pyridine rings is 1. The van der Waals surface area contributed by atoms with Gasteiger partial charge in [0.2, 0.25) is 5.91 Å². The standard InChI is InChI=1S/C23H28ClN5O3/c1-14-19-6-5-17(10-15(19)8-9-28(14)2)26-22(30)20-11-18(32-3)13-29(20)23(31)27-21-7-4-16(24)12-25-21/h4-7,10,12,14,18,20H,8-9,11,13H2,1-3H3,(H,26,30)(H,25,27,31)/t14?,18-,20-/m1/s1. The maximum absolute atomic E-state index is 13.1. The second kappa shape index (κ2) is 9.44.